The summed E-state index contributed by atoms with van der Waals surface area (Å²) in [6, 6.07) is 0. The predicted octanol–water partition coefficient (Wildman–Crippen LogP) is 10.2. The number of hydrogen-bond donors (Lipinski definition) is 0. The van der Waals surface area contributed by atoms with Crippen LogP contribution in [-0.2, 0) is 0 Å². The number of rotatable bonds is 24. The summed E-state index contributed by atoms with van der Waals surface area (Å²) in [5.74, 6) is 1.78. The third-order valence-electron chi connectivity index (χ3n) is 7.09. The summed E-state index contributed by atoms with van der Waals surface area (Å²) in [6.45, 7) is 12.1. The molecule has 1 heteroatoms. The zero-order valence-corrected chi connectivity index (χ0v) is 23.2. The molecule has 0 unspecified atom stereocenters. The molecule has 0 aromatic heterocycles. The molecule has 0 spiro atoms. The Kier molecular flexibility index (Phi) is 21.8. The molecule has 0 bridgehead atoms. The molecule has 0 aliphatic heterocycles. The van der Waals surface area contributed by atoms with Crippen LogP contribution in [0.5, 0.6) is 0 Å². The van der Waals surface area contributed by atoms with Gasteiger partial charge in [0.05, 0.1) is 27.2 Å². The van der Waals surface area contributed by atoms with Crippen molar-refractivity contribution in [2.45, 2.75) is 156 Å². The molecule has 0 aromatic carbocycles. The molecular formula is C30H64N+. The van der Waals surface area contributed by atoms with Gasteiger partial charge >= 0.3 is 0 Å². The van der Waals surface area contributed by atoms with E-state index in [1.165, 1.54) is 146 Å². The standard InChI is InChI=1S/C30H64N/c1-29(2)25-21-17-13-9-7-11-15-19-23-27-31(5,6)28-24-20-16-12-8-10-14-18-22-26-30(3)4/h29-30H,7-28H2,1-6H3/q+1. The minimum absolute atomic E-state index is 0.891. The van der Waals surface area contributed by atoms with Gasteiger partial charge in [-0.05, 0) is 37.5 Å². The highest BCUT2D eigenvalue weighted by Crippen LogP contribution is 2.15. The molecule has 188 valence electrons. The average molecular weight is 439 g/mol. The van der Waals surface area contributed by atoms with Crippen LogP contribution in [0, 0.1) is 11.8 Å². The Hall–Kier alpha value is -0.0400. The van der Waals surface area contributed by atoms with Crippen molar-refractivity contribution in [2.24, 2.45) is 11.8 Å². The third kappa shape index (κ3) is 26.1. The van der Waals surface area contributed by atoms with Crippen LogP contribution in [0.3, 0.4) is 0 Å². The van der Waals surface area contributed by atoms with Crippen molar-refractivity contribution < 1.29 is 4.48 Å². The smallest absolute Gasteiger partial charge is 0.0782 e. The molecule has 0 amide bonds. The summed E-state index contributed by atoms with van der Waals surface area (Å²) in [5, 5.41) is 0. The number of nitrogens with zero attached hydrogens (tertiary/aromatic N) is 1. The van der Waals surface area contributed by atoms with Gasteiger partial charge in [-0.15, -0.1) is 0 Å². The van der Waals surface area contributed by atoms with E-state index in [1.54, 1.807) is 0 Å². The van der Waals surface area contributed by atoms with Crippen LogP contribution >= 0.6 is 0 Å². The Morgan fingerprint density at radius 1 is 0.355 bits per heavy atom. The van der Waals surface area contributed by atoms with Gasteiger partial charge < -0.3 is 4.48 Å². The molecule has 0 heterocycles. The highest BCUT2D eigenvalue weighted by Gasteiger charge is 2.13. The van der Waals surface area contributed by atoms with Crippen LogP contribution < -0.4 is 0 Å². The zero-order chi connectivity index (χ0) is 23.2. The normalized spacial score (nSPS) is 12.4. The fourth-order valence-electron chi connectivity index (χ4n) is 4.77. The molecule has 0 aromatic rings. The van der Waals surface area contributed by atoms with Crippen molar-refractivity contribution >= 4 is 0 Å². The maximum Gasteiger partial charge on any atom is 0.0782 e. The number of unbranched alkanes of at least 4 members (excludes halogenated alkanes) is 16. The quantitative estimate of drug-likeness (QED) is 0.104. The van der Waals surface area contributed by atoms with Gasteiger partial charge in [-0.3, -0.25) is 0 Å². The molecule has 0 aliphatic carbocycles. The second-order valence-corrected chi connectivity index (χ2v) is 12.1. The highest BCUT2D eigenvalue weighted by atomic mass is 15.3. The van der Waals surface area contributed by atoms with Crippen LogP contribution in [0.15, 0.2) is 0 Å². The van der Waals surface area contributed by atoms with Gasteiger partial charge in [0.1, 0.15) is 0 Å². The topological polar surface area (TPSA) is 0 Å². The molecule has 0 N–H and O–H groups in total. The summed E-state index contributed by atoms with van der Waals surface area (Å²) < 4.78 is 1.24. The molecule has 0 radical (unpaired) electrons. The van der Waals surface area contributed by atoms with E-state index in [0.29, 0.717) is 0 Å². The Balaban J connectivity index is 3.33. The van der Waals surface area contributed by atoms with Crippen LogP contribution in [0.4, 0.5) is 0 Å². The van der Waals surface area contributed by atoms with Crippen molar-refractivity contribution in [1.29, 1.82) is 0 Å². The molecule has 0 atom stereocenters. The Morgan fingerprint density at radius 3 is 0.839 bits per heavy atom. The van der Waals surface area contributed by atoms with Gasteiger partial charge in [0.25, 0.3) is 0 Å². The molecule has 0 fully saturated rings. The zero-order valence-electron chi connectivity index (χ0n) is 23.2. The number of quaternary nitrogens is 1. The molecule has 1 nitrogen and oxygen atoms in total. The first-order valence-corrected chi connectivity index (χ1v) is 14.7. The van der Waals surface area contributed by atoms with Crippen molar-refractivity contribution in [1.82, 2.24) is 0 Å². The third-order valence-corrected chi connectivity index (χ3v) is 7.09. The lowest BCUT2D eigenvalue weighted by molar-refractivity contribution is -0.890. The first-order valence-electron chi connectivity index (χ1n) is 14.7. The summed E-state index contributed by atoms with van der Waals surface area (Å²) >= 11 is 0. The highest BCUT2D eigenvalue weighted by molar-refractivity contribution is 4.52. The molecule has 0 aliphatic rings. The first kappa shape index (κ1) is 31.0. The van der Waals surface area contributed by atoms with E-state index in [1.807, 2.05) is 0 Å². The lowest BCUT2D eigenvalue weighted by Crippen LogP contribution is -2.41. The molecule has 0 rings (SSSR count). The van der Waals surface area contributed by atoms with Gasteiger partial charge in [0, 0.05) is 0 Å². The summed E-state index contributed by atoms with van der Waals surface area (Å²) in [5.41, 5.74) is 0. The Morgan fingerprint density at radius 2 is 0.581 bits per heavy atom. The van der Waals surface area contributed by atoms with E-state index in [2.05, 4.69) is 41.8 Å². The van der Waals surface area contributed by atoms with Crippen molar-refractivity contribution in [3.63, 3.8) is 0 Å². The summed E-state index contributed by atoms with van der Waals surface area (Å²) in [6.07, 6.45) is 29.1. The lowest BCUT2D eigenvalue weighted by Gasteiger charge is -2.30. The van der Waals surface area contributed by atoms with Crippen LogP contribution in [0.25, 0.3) is 0 Å². The van der Waals surface area contributed by atoms with Gasteiger partial charge in [-0.25, -0.2) is 0 Å². The SMILES string of the molecule is CC(C)CCCCCCCCCCC[N+](C)(C)CCCCCCCCCCCC(C)C. The fraction of sp³-hybridized carbons (Fsp3) is 1.00. The van der Waals surface area contributed by atoms with Gasteiger partial charge in [-0.1, -0.05) is 130 Å². The molecular weight excluding hydrogens is 374 g/mol. The van der Waals surface area contributed by atoms with Crippen LogP contribution in [0.2, 0.25) is 0 Å². The fourth-order valence-corrected chi connectivity index (χ4v) is 4.77. The minimum Gasteiger partial charge on any atom is -0.328 e. The number of hydrogen-bond acceptors (Lipinski definition) is 0. The van der Waals surface area contributed by atoms with Gasteiger partial charge in [0.15, 0.2) is 0 Å². The predicted molar refractivity (Wildman–Crippen MR) is 144 cm³/mol. The average Bonchev–Trinajstić information content (AvgIpc) is 2.69. The summed E-state index contributed by atoms with van der Waals surface area (Å²) in [7, 11) is 4.91. The second-order valence-electron chi connectivity index (χ2n) is 12.1. The lowest BCUT2D eigenvalue weighted by atomic mass is 10.0. The minimum atomic E-state index is 0.891. The van der Waals surface area contributed by atoms with Crippen molar-refractivity contribution in [3.8, 4) is 0 Å². The van der Waals surface area contributed by atoms with Crippen LogP contribution in [0.1, 0.15) is 156 Å². The maximum atomic E-state index is 2.45. The Bertz CT molecular complexity index is 312. The first-order chi connectivity index (χ1) is 14.8. The van der Waals surface area contributed by atoms with E-state index >= 15 is 0 Å². The van der Waals surface area contributed by atoms with E-state index in [4.69, 9.17) is 0 Å². The van der Waals surface area contributed by atoms with E-state index in [0.717, 1.165) is 11.8 Å². The largest absolute Gasteiger partial charge is 0.328 e. The Labute approximate surface area is 199 Å². The van der Waals surface area contributed by atoms with E-state index in [9.17, 15) is 0 Å². The van der Waals surface area contributed by atoms with E-state index in [-0.39, 0.29) is 0 Å². The van der Waals surface area contributed by atoms with E-state index < -0.39 is 0 Å². The molecule has 0 saturated heterocycles. The van der Waals surface area contributed by atoms with Crippen molar-refractivity contribution in [2.75, 3.05) is 27.2 Å². The monoisotopic (exact) mass is 439 g/mol. The van der Waals surface area contributed by atoms with Crippen molar-refractivity contribution in [3.05, 3.63) is 0 Å². The molecule has 31 heavy (non-hydrogen) atoms. The van der Waals surface area contributed by atoms with Gasteiger partial charge in [-0.2, -0.15) is 0 Å². The molecule has 0 saturated carbocycles. The van der Waals surface area contributed by atoms with Crippen LogP contribution in [-0.4, -0.2) is 31.7 Å². The summed E-state index contributed by atoms with van der Waals surface area (Å²) in [4.78, 5) is 0. The second kappa shape index (κ2) is 21.8. The van der Waals surface area contributed by atoms with Gasteiger partial charge in [0.2, 0.25) is 0 Å². The maximum absolute atomic E-state index is 2.45.